The lowest BCUT2D eigenvalue weighted by Gasteiger charge is -2.17. The van der Waals surface area contributed by atoms with E-state index in [1.165, 1.54) is 0 Å². The van der Waals surface area contributed by atoms with Crippen LogP contribution in [0.1, 0.15) is 12.5 Å². The number of nitrogens with zero attached hydrogens (tertiary/aromatic N) is 2. The number of benzene rings is 1. The number of hydrogen-bond donors (Lipinski definition) is 1. The Balaban J connectivity index is 2.77. The van der Waals surface area contributed by atoms with E-state index in [4.69, 9.17) is 15.2 Å². The molecule has 0 fully saturated rings. The minimum atomic E-state index is 0.624. The molecule has 2 aromatic rings. The molecule has 5 nitrogen and oxygen atoms in total. The Kier molecular flexibility index (Phi) is 4.23. The van der Waals surface area contributed by atoms with Crippen LogP contribution in [0.25, 0.3) is 11.1 Å². The zero-order chi connectivity index (χ0) is 14.9. The first kappa shape index (κ1) is 14.7. The summed E-state index contributed by atoms with van der Waals surface area (Å²) in [5, 5.41) is 4.20. The van der Waals surface area contributed by atoms with Gasteiger partial charge in [0.05, 0.1) is 24.9 Å². The number of nitrogen functional groups attached to an aromatic ring is 1. The number of nitrogens with two attached hydrogens (primary N) is 1. The average Bonchev–Trinajstić information content (AvgIpc) is 2.77. The topological polar surface area (TPSA) is 62.3 Å². The van der Waals surface area contributed by atoms with Gasteiger partial charge in [-0.3, -0.25) is 4.68 Å². The third-order valence-electron chi connectivity index (χ3n) is 3.33. The molecule has 108 valence electrons. The largest absolute Gasteiger partial charge is 0.493 e. The number of aromatic nitrogens is 2. The number of rotatable bonds is 4. The highest BCUT2D eigenvalue weighted by atomic mass is 79.9. The monoisotopic (exact) mass is 339 g/mol. The highest BCUT2D eigenvalue weighted by molar-refractivity contribution is 9.10. The van der Waals surface area contributed by atoms with Crippen LogP contribution in [0, 0.1) is 0 Å². The molecule has 0 atom stereocenters. The van der Waals surface area contributed by atoms with E-state index >= 15 is 0 Å². The van der Waals surface area contributed by atoms with Crippen molar-refractivity contribution in [1.82, 2.24) is 9.78 Å². The minimum Gasteiger partial charge on any atom is -0.493 e. The third kappa shape index (κ3) is 2.24. The standard InChI is InChI=1S/C14H18BrN3O2/c1-5-8-9(10-7-17-18(2)14(10)16)6-11(15)13(20-4)12(8)19-3/h6-7H,5,16H2,1-4H3. The molecule has 0 aliphatic carbocycles. The maximum absolute atomic E-state index is 6.08. The maximum atomic E-state index is 6.08. The van der Waals surface area contributed by atoms with Crippen molar-refractivity contribution < 1.29 is 9.47 Å². The minimum absolute atomic E-state index is 0.624. The van der Waals surface area contributed by atoms with E-state index in [9.17, 15) is 0 Å². The first-order valence-corrected chi connectivity index (χ1v) is 7.05. The van der Waals surface area contributed by atoms with Gasteiger partial charge in [-0.2, -0.15) is 5.10 Å². The fraction of sp³-hybridized carbons (Fsp3) is 0.357. The summed E-state index contributed by atoms with van der Waals surface area (Å²) in [6.45, 7) is 2.07. The van der Waals surface area contributed by atoms with Crippen LogP contribution in [0.4, 0.5) is 5.82 Å². The second-order valence-electron chi connectivity index (χ2n) is 4.37. The molecule has 0 spiro atoms. The highest BCUT2D eigenvalue weighted by Crippen LogP contribution is 2.44. The number of halogens is 1. The zero-order valence-electron chi connectivity index (χ0n) is 12.0. The summed E-state index contributed by atoms with van der Waals surface area (Å²) in [7, 11) is 5.08. The molecule has 1 heterocycles. The van der Waals surface area contributed by atoms with Gasteiger partial charge in [-0.15, -0.1) is 0 Å². The summed E-state index contributed by atoms with van der Waals surface area (Å²) in [4.78, 5) is 0. The summed E-state index contributed by atoms with van der Waals surface area (Å²) in [5.74, 6) is 2.04. The van der Waals surface area contributed by atoms with Gasteiger partial charge < -0.3 is 15.2 Å². The average molecular weight is 340 g/mol. The highest BCUT2D eigenvalue weighted by Gasteiger charge is 2.20. The molecule has 20 heavy (non-hydrogen) atoms. The third-order valence-corrected chi connectivity index (χ3v) is 3.92. The predicted octanol–water partition coefficient (Wildman–Crippen LogP) is 3.01. The van der Waals surface area contributed by atoms with Crippen LogP contribution in [-0.4, -0.2) is 24.0 Å². The Hall–Kier alpha value is -1.69. The quantitative estimate of drug-likeness (QED) is 0.929. The Morgan fingerprint density at radius 3 is 2.35 bits per heavy atom. The summed E-state index contributed by atoms with van der Waals surface area (Å²) in [6.07, 6.45) is 2.57. The fourth-order valence-electron chi connectivity index (χ4n) is 2.30. The first-order valence-electron chi connectivity index (χ1n) is 6.26. The Morgan fingerprint density at radius 2 is 1.90 bits per heavy atom. The van der Waals surface area contributed by atoms with Crippen molar-refractivity contribution in [3.05, 3.63) is 22.3 Å². The molecule has 0 radical (unpaired) electrons. The molecule has 6 heteroatoms. The van der Waals surface area contributed by atoms with E-state index in [1.54, 1.807) is 25.1 Å². The van der Waals surface area contributed by atoms with Crippen molar-refractivity contribution in [3.8, 4) is 22.6 Å². The Bertz CT molecular complexity index is 638. The number of aryl methyl sites for hydroxylation is 1. The molecule has 0 aliphatic heterocycles. The molecule has 0 amide bonds. The van der Waals surface area contributed by atoms with Gasteiger partial charge in [-0.25, -0.2) is 0 Å². The summed E-state index contributed by atoms with van der Waals surface area (Å²) in [5.41, 5.74) is 9.03. The van der Waals surface area contributed by atoms with Crippen LogP contribution < -0.4 is 15.2 Å². The van der Waals surface area contributed by atoms with Crippen molar-refractivity contribution in [3.63, 3.8) is 0 Å². The van der Waals surface area contributed by atoms with Crippen molar-refractivity contribution in [2.45, 2.75) is 13.3 Å². The van der Waals surface area contributed by atoms with Crippen molar-refractivity contribution >= 4 is 21.7 Å². The fourth-order valence-corrected chi connectivity index (χ4v) is 2.87. The van der Waals surface area contributed by atoms with Crippen molar-refractivity contribution in [1.29, 1.82) is 0 Å². The normalized spacial score (nSPS) is 10.7. The predicted molar refractivity (Wildman–Crippen MR) is 83.2 cm³/mol. The van der Waals surface area contributed by atoms with Crippen molar-refractivity contribution in [2.75, 3.05) is 20.0 Å². The van der Waals surface area contributed by atoms with Crippen LogP contribution in [0.3, 0.4) is 0 Å². The summed E-state index contributed by atoms with van der Waals surface area (Å²) >= 11 is 3.52. The van der Waals surface area contributed by atoms with Gasteiger partial charge in [-0.1, -0.05) is 6.92 Å². The maximum Gasteiger partial charge on any atom is 0.175 e. The second-order valence-corrected chi connectivity index (χ2v) is 5.23. The number of anilines is 1. The van der Waals surface area contributed by atoms with E-state index in [1.807, 2.05) is 13.1 Å². The molecule has 2 N–H and O–H groups in total. The van der Waals surface area contributed by atoms with E-state index in [2.05, 4.69) is 28.0 Å². The second kappa shape index (κ2) is 5.75. The molecule has 0 saturated heterocycles. The number of hydrogen-bond acceptors (Lipinski definition) is 4. The van der Waals surface area contributed by atoms with Gasteiger partial charge in [0.15, 0.2) is 11.5 Å². The van der Waals surface area contributed by atoms with E-state index in [0.29, 0.717) is 11.6 Å². The lowest BCUT2D eigenvalue weighted by atomic mass is 9.98. The molecule has 1 aromatic carbocycles. The number of ether oxygens (including phenoxy) is 2. The summed E-state index contributed by atoms with van der Waals surface area (Å²) in [6, 6.07) is 1.99. The lowest BCUT2D eigenvalue weighted by Crippen LogP contribution is -2.01. The van der Waals surface area contributed by atoms with Gasteiger partial charge >= 0.3 is 0 Å². The van der Waals surface area contributed by atoms with Gasteiger partial charge in [0.2, 0.25) is 0 Å². The molecule has 1 aromatic heterocycles. The van der Waals surface area contributed by atoms with Crippen molar-refractivity contribution in [2.24, 2.45) is 7.05 Å². The van der Waals surface area contributed by atoms with Crippen LogP contribution in [0.2, 0.25) is 0 Å². The van der Waals surface area contributed by atoms with Crippen LogP contribution in [-0.2, 0) is 13.5 Å². The molecule has 0 saturated carbocycles. The number of methoxy groups -OCH3 is 2. The first-order chi connectivity index (χ1) is 9.54. The lowest BCUT2D eigenvalue weighted by molar-refractivity contribution is 0.350. The molecule has 0 aliphatic rings. The van der Waals surface area contributed by atoms with Gasteiger partial charge in [0.1, 0.15) is 5.82 Å². The van der Waals surface area contributed by atoms with Gasteiger partial charge in [0, 0.05) is 18.2 Å². The van der Waals surface area contributed by atoms with E-state index in [0.717, 1.165) is 33.3 Å². The Morgan fingerprint density at radius 1 is 1.25 bits per heavy atom. The smallest absolute Gasteiger partial charge is 0.175 e. The molecule has 0 unspecified atom stereocenters. The molecule has 0 bridgehead atoms. The SMILES string of the molecule is CCc1c(-c2cnn(C)c2N)cc(Br)c(OC)c1OC. The van der Waals surface area contributed by atoms with Crippen LogP contribution >= 0.6 is 15.9 Å². The van der Waals surface area contributed by atoms with E-state index < -0.39 is 0 Å². The zero-order valence-corrected chi connectivity index (χ0v) is 13.6. The molecule has 2 rings (SSSR count). The summed E-state index contributed by atoms with van der Waals surface area (Å²) < 4.78 is 13.4. The van der Waals surface area contributed by atoms with Gasteiger partial charge in [-0.05, 0) is 34.0 Å². The Labute approximate surface area is 126 Å². The van der Waals surface area contributed by atoms with Gasteiger partial charge in [0.25, 0.3) is 0 Å². The van der Waals surface area contributed by atoms with Crippen LogP contribution in [0.15, 0.2) is 16.7 Å². The molecular weight excluding hydrogens is 322 g/mol. The van der Waals surface area contributed by atoms with Crippen LogP contribution in [0.5, 0.6) is 11.5 Å². The molecular formula is C14H18BrN3O2. The van der Waals surface area contributed by atoms with E-state index in [-0.39, 0.29) is 0 Å².